The van der Waals surface area contributed by atoms with Crippen molar-refractivity contribution in [3.05, 3.63) is 11.9 Å². The van der Waals surface area contributed by atoms with E-state index < -0.39 is 0 Å². The van der Waals surface area contributed by atoms with E-state index in [2.05, 4.69) is 21.8 Å². The van der Waals surface area contributed by atoms with Crippen LogP contribution in [0.1, 0.15) is 31.9 Å². The van der Waals surface area contributed by atoms with Gasteiger partial charge in [-0.15, -0.1) is 0 Å². The number of piperidine rings is 1. The maximum absolute atomic E-state index is 5.80. The smallest absolute Gasteiger partial charge is 0.202 e. The Labute approximate surface area is 109 Å². The average Bonchev–Trinajstić information content (AvgIpc) is 2.89. The molecule has 1 aromatic heterocycles. The first-order chi connectivity index (χ1) is 8.83. The molecular weight excluding hydrogens is 228 g/mol. The van der Waals surface area contributed by atoms with E-state index in [1.807, 2.05) is 6.20 Å². The highest BCUT2D eigenvalue weighted by atomic mass is 16.5. The van der Waals surface area contributed by atoms with Crippen LogP contribution in [0.5, 0.6) is 0 Å². The van der Waals surface area contributed by atoms with Gasteiger partial charge in [-0.2, -0.15) is 0 Å². The number of hydrogen-bond acceptors (Lipinski definition) is 4. The molecule has 3 N–H and O–H groups in total. The summed E-state index contributed by atoms with van der Waals surface area (Å²) in [5, 5.41) is 0. The molecule has 1 fully saturated rings. The second-order valence-electron chi connectivity index (χ2n) is 4.79. The largest absolute Gasteiger partial charge is 0.378 e. The van der Waals surface area contributed by atoms with E-state index in [-0.39, 0.29) is 0 Å². The van der Waals surface area contributed by atoms with Gasteiger partial charge in [0.05, 0.1) is 12.3 Å². The molecule has 2 rings (SSSR count). The van der Waals surface area contributed by atoms with Crippen LogP contribution in [0, 0.1) is 0 Å². The number of imidazole rings is 1. The zero-order valence-electron chi connectivity index (χ0n) is 11.2. The zero-order chi connectivity index (χ0) is 12.8. The van der Waals surface area contributed by atoms with Gasteiger partial charge >= 0.3 is 0 Å². The molecule has 0 atom stereocenters. The molecule has 5 heteroatoms. The fourth-order valence-electron chi connectivity index (χ4n) is 2.26. The number of nitrogens with zero attached hydrogens (tertiary/aromatic N) is 2. The van der Waals surface area contributed by atoms with Gasteiger partial charge in [-0.05, 0) is 32.2 Å². The fraction of sp³-hybridized carbons (Fsp3) is 0.769. The van der Waals surface area contributed by atoms with Crippen molar-refractivity contribution in [3.8, 4) is 0 Å². The van der Waals surface area contributed by atoms with Crippen LogP contribution in [0.2, 0.25) is 0 Å². The van der Waals surface area contributed by atoms with Gasteiger partial charge in [-0.25, -0.2) is 4.98 Å². The van der Waals surface area contributed by atoms with Crippen molar-refractivity contribution in [1.82, 2.24) is 9.97 Å². The number of aromatic amines is 1. The third kappa shape index (κ3) is 3.46. The first-order valence-corrected chi connectivity index (χ1v) is 6.94. The third-order valence-electron chi connectivity index (χ3n) is 3.44. The first-order valence-electron chi connectivity index (χ1n) is 6.94. The predicted molar refractivity (Wildman–Crippen MR) is 72.8 cm³/mol. The molecule has 0 aromatic carbocycles. The number of aromatic nitrogens is 2. The number of hydrogen-bond donors (Lipinski definition) is 2. The van der Waals surface area contributed by atoms with Crippen molar-refractivity contribution < 1.29 is 4.74 Å². The average molecular weight is 252 g/mol. The summed E-state index contributed by atoms with van der Waals surface area (Å²) in [6.07, 6.45) is 6.44. The molecule has 2 heterocycles. The molecule has 0 amide bonds. The Balaban J connectivity index is 1.75. The van der Waals surface area contributed by atoms with Crippen molar-refractivity contribution in [2.45, 2.75) is 38.7 Å². The molecule has 0 radical (unpaired) electrons. The molecule has 1 aromatic rings. The molecule has 1 aliphatic rings. The summed E-state index contributed by atoms with van der Waals surface area (Å²) in [4.78, 5) is 10.1. The summed E-state index contributed by atoms with van der Waals surface area (Å²) in [7, 11) is 0. The predicted octanol–water partition coefficient (Wildman–Crippen LogP) is 1.31. The number of nitrogens with two attached hydrogens (primary N) is 1. The van der Waals surface area contributed by atoms with Crippen LogP contribution < -0.4 is 10.6 Å². The molecule has 0 spiro atoms. The SMILES string of the molecule is CCc1cnc(N2CCC(OCCCN)CC2)[nH]1. The minimum absolute atomic E-state index is 0.397. The minimum Gasteiger partial charge on any atom is -0.378 e. The second kappa shape index (κ2) is 6.75. The Morgan fingerprint density at radius 2 is 2.28 bits per heavy atom. The lowest BCUT2D eigenvalue weighted by molar-refractivity contribution is 0.0365. The van der Waals surface area contributed by atoms with Crippen LogP contribution in [0.15, 0.2) is 6.20 Å². The topological polar surface area (TPSA) is 67.2 Å². The number of aryl methyl sites for hydroxylation is 1. The summed E-state index contributed by atoms with van der Waals surface area (Å²) in [5.41, 5.74) is 6.66. The number of anilines is 1. The molecule has 18 heavy (non-hydrogen) atoms. The standard InChI is InChI=1S/C13H24N4O/c1-2-11-10-15-13(16-11)17-7-4-12(5-8-17)18-9-3-6-14/h10,12H,2-9,14H2,1H3,(H,15,16). The lowest BCUT2D eigenvalue weighted by Gasteiger charge is -2.31. The number of H-pyrrole nitrogens is 1. The Hall–Kier alpha value is -1.07. The monoisotopic (exact) mass is 252 g/mol. The van der Waals surface area contributed by atoms with Crippen LogP contribution in [-0.2, 0) is 11.2 Å². The lowest BCUT2D eigenvalue weighted by Crippen LogP contribution is -2.37. The third-order valence-corrected chi connectivity index (χ3v) is 3.44. The van der Waals surface area contributed by atoms with Crippen molar-refractivity contribution in [2.24, 2.45) is 5.73 Å². The summed E-state index contributed by atoms with van der Waals surface area (Å²) < 4.78 is 5.80. The van der Waals surface area contributed by atoms with Crippen LogP contribution in [0.25, 0.3) is 0 Å². The molecule has 0 aliphatic carbocycles. The molecular formula is C13H24N4O. The van der Waals surface area contributed by atoms with Gasteiger partial charge in [0.1, 0.15) is 0 Å². The number of nitrogens with one attached hydrogen (secondary N) is 1. The minimum atomic E-state index is 0.397. The first kappa shape index (κ1) is 13.4. The van der Waals surface area contributed by atoms with Crippen LogP contribution in [0.3, 0.4) is 0 Å². The summed E-state index contributed by atoms with van der Waals surface area (Å²) >= 11 is 0. The fourth-order valence-corrected chi connectivity index (χ4v) is 2.26. The van der Waals surface area contributed by atoms with Gasteiger partial charge < -0.3 is 20.4 Å². The zero-order valence-corrected chi connectivity index (χ0v) is 11.2. The summed E-state index contributed by atoms with van der Waals surface area (Å²) in [5.74, 6) is 1.01. The molecule has 1 saturated heterocycles. The van der Waals surface area contributed by atoms with Crippen molar-refractivity contribution in [3.63, 3.8) is 0 Å². The molecule has 102 valence electrons. The van der Waals surface area contributed by atoms with E-state index in [9.17, 15) is 0 Å². The molecule has 5 nitrogen and oxygen atoms in total. The second-order valence-corrected chi connectivity index (χ2v) is 4.79. The molecule has 0 bridgehead atoms. The highest BCUT2D eigenvalue weighted by Crippen LogP contribution is 2.18. The number of rotatable bonds is 6. The highest BCUT2D eigenvalue weighted by Gasteiger charge is 2.21. The van der Waals surface area contributed by atoms with Gasteiger partial charge in [-0.3, -0.25) is 0 Å². The van der Waals surface area contributed by atoms with Gasteiger partial charge in [0, 0.05) is 25.4 Å². The lowest BCUT2D eigenvalue weighted by atomic mass is 10.1. The van der Waals surface area contributed by atoms with Crippen LogP contribution in [0.4, 0.5) is 5.95 Å². The van der Waals surface area contributed by atoms with E-state index in [4.69, 9.17) is 10.5 Å². The normalized spacial score (nSPS) is 17.3. The van der Waals surface area contributed by atoms with Gasteiger partial charge in [0.2, 0.25) is 5.95 Å². The van der Waals surface area contributed by atoms with Crippen molar-refractivity contribution in [2.75, 3.05) is 31.1 Å². The summed E-state index contributed by atoms with van der Waals surface area (Å²) in [6, 6.07) is 0. The Kier molecular flexibility index (Phi) is 5.01. The van der Waals surface area contributed by atoms with Crippen molar-refractivity contribution in [1.29, 1.82) is 0 Å². The number of ether oxygens (including phenoxy) is 1. The van der Waals surface area contributed by atoms with Crippen molar-refractivity contribution >= 4 is 5.95 Å². The van der Waals surface area contributed by atoms with Gasteiger partial charge in [0.25, 0.3) is 0 Å². The maximum atomic E-state index is 5.80. The molecule has 1 aliphatic heterocycles. The Morgan fingerprint density at radius 3 is 2.89 bits per heavy atom. The quantitative estimate of drug-likeness (QED) is 0.749. The van der Waals surface area contributed by atoms with Gasteiger partial charge in [0.15, 0.2) is 0 Å². The Morgan fingerprint density at radius 1 is 1.50 bits per heavy atom. The van der Waals surface area contributed by atoms with Crippen LogP contribution in [-0.4, -0.2) is 42.3 Å². The van der Waals surface area contributed by atoms with E-state index in [0.29, 0.717) is 12.6 Å². The van der Waals surface area contributed by atoms with E-state index in [0.717, 1.165) is 51.3 Å². The van der Waals surface area contributed by atoms with E-state index in [1.165, 1.54) is 5.69 Å². The molecule has 0 saturated carbocycles. The summed E-state index contributed by atoms with van der Waals surface area (Å²) in [6.45, 7) is 5.68. The maximum Gasteiger partial charge on any atom is 0.202 e. The van der Waals surface area contributed by atoms with E-state index in [1.54, 1.807) is 0 Å². The van der Waals surface area contributed by atoms with Crippen LogP contribution >= 0.6 is 0 Å². The highest BCUT2D eigenvalue weighted by molar-refractivity contribution is 5.31. The van der Waals surface area contributed by atoms with E-state index >= 15 is 0 Å². The Bertz CT molecular complexity index is 345. The van der Waals surface area contributed by atoms with Gasteiger partial charge in [-0.1, -0.05) is 6.92 Å². The molecule has 0 unspecified atom stereocenters.